The molecule has 0 spiro atoms. The summed E-state index contributed by atoms with van der Waals surface area (Å²) in [6.45, 7) is -0.0333. The number of nitrogens with one attached hydrogen (secondary N) is 4. The first-order valence-corrected chi connectivity index (χ1v) is 11.6. The van der Waals surface area contributed by atoms with Gasteiger partial charge in [-0.25, -0.2) is 8.42 Å². The molecule has 0 radical (unpaired) electrons. The highest BCUT2D eigenvalue weighted by molar-refractivity contribution is 7.91. The number of guanidine groups is 1. The molecule has 0 fully saturated rings. The highest BCUT2D eigenvalue weighted by Gasteiger charge is 2.15. The molecule has 172 valence electrons. The minimum Gasteiger partial charge on any atom is -0.370 e. The molecule has 0 aliphatic rings. The van der Waals surface area contributed by atoms with E-state index in [2.05, 4.69) is 15.4 Å². The number of carbonyl (C=O) groups excluding carboxylic acids is 1. The predicted octanol–water partition coefficient (Wildman–Crippen LogP) is 1.41. The zero-order valence-corrected chi connectivity index (χ0v) is 18.4. The van der Waals surface area contributed by atoms with Crippen molar-refractivity contribution in [1.29, 1.82) is 5.41 Å². The zero-order chi connectivity index (χ0) is 23.8. The Hall–Kier alpha value is -4.12. The van der Waals surface area contributed by atoms with Crippen LogP contribution in [0.15, 0.2) is 77.7 Å². The van der Waals surface area contributed by atoms with E-state index < -0.39 is 21.5 Å². The Labute approximate surface area is 191 Å². The van der Waals surface area contributed by atoms with E-state index in [9.17, 15) is 18.0 Å². The fraction of sp³-hybridized carbons (Fsp3) is 0.136. The molecular weight excluding hydrogens is 444 g/mol. The van der Waals surface area contributed by atoms with Gasteiger partial charge < -0.3 is 20.9 Å². The highest BCUT2D eigenvalue weighted by atomic mass is 32.2. The van der Waals surface area contributed by atoms with E-state index in [1.807, 2.05) is 0 Å². The summed E-state index contributed by atoms with van der Waals surface area (Å²) in [4.78, 5) is 25.0. The Morgan fingerprint density at radius 2 is 1.67 bits per heavy atom. The molecule has 0 unspecified atom stereocenters. The van der Waals surface area contributed by atoms with Crippen molar-refractivity contribution in [3.05, 3.63) is 94.4 Å². The zero-order valence-electron chi connectivity index (χ0n) is 17.6. The van der Waals surface area contributed by atoms with E-state index in [1.54, 1.807) is 54.6 Å². The van der Waals surface area contributed by atoms with Crippen molar-refractivity contribution in [2.45, 2.75) is 18.8 Å². The summed E-state index contributed by atoms with van der Waals surface area (Å²) in [7, 11) is -3.80. The molecule has 10 nitrogen and oxygen atoms in total. The number of hydrogen-bond acceptors (Lipinski definition) is 5. The van der Waals surface area contributed by atoms with Crippen LogP contribution in [-0.2, 0) is 33.7 Å². The molecule has 11 heteroatoms. The second-order valence-corrected chi connectivity index (χ2v) is 8.94. The summed E-state index contributed by atoms with van der Waals surface area (Å²) >= 11 is 0. The Morgan fingerprint density at radius 3 is 2.33 bits per heavy atom. The maximum Gasteiger partial charge on any atom is 0.275 e. The van der Waals surface area contributed by atoms with E-state index in [0.717, 1.165) is 10.1 Å². The molecule has 2 aromatic carbocycles. The normalized spacial score (nSPS) is 10.9. The Balaban J connectivity index is 1.60. The average molecular weight is 469 g/mol. The van der Waals surface area contributed by atoms with Crippen LogP contribution in [0.3, 0.4) is 0 Å². The largest absolute Gasteiger partial charge is 0.370 e. The number of carbonyl (C=O) groups is 1. The molecule has 3 rings (SSSR count). The van der Waals surface area contributed by atoms with Gasteiger partial charge in [0.2, 0.25) is 15.9 Å². The number of pyridine rings is 1. The van der Waals surface area contributed by atoms with Gasteiger partial charge in [0.15, 0.2) is 5.96 Å². The SMILES string of the molecule is N=C(N)Nc1ccc(CNC(=O)Cn2cccc(NS(=O)(=O)Cc3ccccc3)c2=O)cc1. The molecule has 0 atom stereocenters. The standard InChI is InChI=1S/C22H24N6O4S/c23-22(24)26-18-10-8-16(9-11-18)13-25-20(29)14-28-12-4-7-19(21(28)30)27-33(31,32)15-17-5-2-1-3-6-17/h1-12,27H,13-15H2,(H,25,29)(H4,23,24,26). The van der Waals surface area contributed by atoms with Crippen LogP contribution in [0.1, 0.15) is 11.1 Å². The lowest BCUT2D eigenvalue weighted by molar-refractivity contribution is -0.121. The van der Waals surface area contributed by atoms with Crippen molar-refractivity contribution in [1.82, 2.24) is 9.88 Å². The summed E-state index contributed by atoms with van der Waals surface area (Å²) in [5.74, 6) is -0.859. The van der Waals surface area contributed by atoms with Gasteiger partial charge in [-0.15, -0.1) is 0 Å². The third-order valence-electron chi connectivity index (χ3n) is 4.52. The summed E-state index contributed by atoms with van der Waals surface area (Å²) in [5.41, 5.74) is 6.57. The van der Waals surface area contributed by atoms with Crippen molar-refractivity contribution >= 4 is 33.3 Å². The number of nitrogens with two attached hydrogens (primary N) is 1. The molecule has 0 saturated heterocycles. The minimum atomic E-state index is -3.80. The topological polar surface area (TPSA) is 159 Å². The van der Waals surface area contributed by atoms with Gasteiger partial charge >= 0.3 is 0 Å². The van der Waals surface area contributed by atoms with Crippen molar-refractivity contribution in [3.63, 3.8) is 0 Å². The first-order chi connectivity index (χ1) is 15.7. The molecule has 1 heterocycles. The maximum absolute atomic E-state index is 12.7. The van der Waals surface area contributed by atoms with Crippen LogP contribution in [0.25, 0.3) is 0 Å². The van der Waals surface area contributed by atoms with Crippen LogP contribution in [0, 0.1) is 5.41 Å². The average Bonchev–Trinajstić information content (AvgIpc) is 2.76. The van der Waals surface area contributed by atoms with Crippen LogP contribution in [0.4, 0.5) is 11.4 Å². The lowest BCUT2D eigenvalue weighted by atomic mass is 10.2. The van der Waals surface area contributed by atoms with Gasteiger partial charge in [0.1, 0.15) is 12.2 Å². The second-order valence-electron chi connectivity index (χ2n) is 7.21. The van der Waals surface area contributed by atoms with Crippen molar-refractivity contribution in [2.24, 2.45) is 5.73 Å². The Bertz CT molecular complexity index is 1290. The van der Waals surface area contributed by atoms with E-state index in [1.165, 1.54) is 18.3 Å². The first kappa shape index (κ1) is 23.5. The second kappa shape index (κ2) is 10.5. The number of anilines is 2. The van der Waals surface area contributed by atoms with E-state index in [-0.39, 0.29) is 30.5 Å². The van der Waals surface area contributed by atoms with Gasteiger partial charge in [0, 0.05) is 18.4 Å². The predicted molar refractivity (Wildman–Crippen MR) is 127 cm³/mol. The molecule has 6 N–H and O–H groups in total. The molecule has 33 heavy (non-hydrogen) atoms. The number of amides is 1. The van der Waals surface area contributed by atoms with Gasteiger partial charge in [0.25, 0.3) is 5.56 Å². The monoisotopic (exact) mass is 468 g/mol. The summed E-state index contributed by atoms with van der Waals surface area (Å²) < 4.78 is 28.3. The number of benzene rings is 2. The first-order valence-electron chi connectivity index (χ1n) is 9.92. The van der Waals surface area contributed by atoms with Crippen molar-refractivity contribution < 1.29 is 13.2 Å². The van der Waals surface area contributed by atoms with Crippen LogP contribution in [-0.4, -0.2) is 24.9 Å². The maximum atomic E-state index is 12.7. The van der Waals surface area contributed by atoms with Crippen LogP contribution in [0.2, 0.25) is 0 Å². The fourth-order valence-corrected chi connectivity index (χ4v) is 4.20. The molecule has 0 bridgehead atoms. The third-order valence-corrected chi connectivity index (χ3v) is 5.77. The molecule has 1 aromatic heterocycles. The molecule has 3 aromatic rings. The van der Waals surface area contributed by atoms with Crippen molar-refractivity contribution in [2.75, 3.05) is 10.0 Å². The minimum absolute atomic E-state index is 0.130. The van der Waals surface area contributed by atoms with Gasteiger partial charge in [0.05, 0.1) is 5.75 Å². The van der Waals surface area contributed by atoms with Gasteiger partial charge in [-0.05, 0) is 35.4 Å². The third kappa shape index (κ3) is 7.21. The molecule has 0 aliphatic carbocycles. The van der Waals surface area contributed by atoms with Crippen LogP contribution < -0.4 is 26.6 Å². The van der Waals surface area contributed by atoms with Crippen LogP contribution >= 0.6 is 0 Å². The van der Waals surface area contributed by atoms with E-state index in [0.29, 0.717) is 11.3 Å². The molecule has 0 aliphatic heterocycles. The number of aromatic nitrogens is 1. The highest BCUT2D eigenvalue weighted by Crippen LogP contribution is 2.10. The summed E-state index contributed by atoms with van der Waals surface area (Å²) in [6.07, 6.45) is 1.42. The Morgan fingerprint density at radius 1 is 0.970 bits per heavy atom. The number of hydrogen-bond donors (Lipinski definition) is 5. The van der Waals surface area contributed by atoms with Gasteiger partial charge in [-0.3, -0.25) is 19.7 Å². The quantitative estimate of drug-likeness (QED) is 0.236. The summed E-state index contributed by atoms with van der Waals surface area (Å²) in [5, 5.41) is 12.6. The van der Waals surface area contributed by atoms with Gasteiger partial charge in [-0.1, -0.05) is 42.5 Å². The Kier molecular flexibility index (Phi) is 7.46. The van der Waals surface area contributed by atoms with E-state index >= 15 is 0 Å². The molecular formula is C22H24N6O4S. The molecule has 0 saturated carbocycles. The van der Waals surface area contributed by atoms with E-state index in [4.69, 9.17) is 11.1 Å². The number of sulfonamides is 1. The van der Waals surface area contributed by atoms with Crippen molar-refractivity contribution in [3.8, 4) is 0 Å². The van der Waals surface area contributed by atoms with Crippen LogP contribution in [0.5, 0.6) is 0 Å². The van der Waals surface area contributed by atoms with Gasteiger partial charge in [-0.2, -0.15) is 0 Å². The summed E-state index contributed by atoms with van der Waals surface area (Å²) in [6, 6.07) is 18.4. The lowest BCUT2D eigenvalue weighted by Crippen LogP contribution is -2.33. The number of nitrogens with zero attached hydrogens (tertiary/aromatic N) is 1. The lowest BCUT2D eigenvalue weighted by Gasteiger charge is -2.11. The number of rotatable bonds is 9. The fourth-order valence-electron chi connectivity index (χ4n) is 3.01. The smallest absolute Gasteiger partial charge is 0.275 e. The molecule has 1 amide bonds.